The van der Waals surface area contributed by atoms with E-state index in [4.69, 9.17) is 0 Å². The third kappa shape index (κ3) is 5.03. The van der Waals surface area contributed by atoms with Gasteiger partial charge < -0.3 is 4.90 Å². The third-order valence-corrected chi connectivity index (χ3v) is 2.55. The number of hydrogen-bond donors (Lipinski definition) is 1. The van der Waals surface area contributed by atoms with Crippen LogP contribution in [-0.4, -0.2) is 39.8 Å². The van der Waals surface area contributed by atoms with Crippen molar-refractivity contribution in [3.05, 3.63) is 18.5 Å². The lowest BCUT2D eigenvalue weighted by molar-refractivity contribution is -0.143. The summed E-state index contributed by atoms with van der Waals surface area (Å²) in [6.07, 6.45) is 5.71. The van der Waals surface area contributed by atoms with E-state index in [1.165, 1.54) is 12.4 Å². The van der Waals surface area contributed by atoms with Gasteiger partial charge in [-0.15, -0.1) is 0 Å². The Bertz CT molecular complexity index is 408. The van der Waals surface area contributed by atoms with Gasteiger partial charge in [0.05, 0.1) is 0 Å². The smallest absolute Gasteiger partial charge is 0.316 e. The van der Waals surface area contributed by atoms with Crippen LogP contribution in [-0.2, 0) is 9.59 Å². The zero-order chi connectivity index (χ0) is 14.1. The lowest BCUT2D eigenvalue weighted by Crippen LogP contribution is -2.41. The van der Waals surface area contributed by atoms with E-state index < -0.39 is 11.8 Å². The molecule has 1 aromatic heterocycles. The van der Waals surface area contributed by atoms with Crippen LogP contribution in [0, 0.1) is 0 Å². The highest BCUT2D eigenvalue weighted by Gasteiger charge is 2.21. The first kappa shape index (κ1) is 15.1. The van der Waals surface area contributed by atoms with Crippen LogP contribution in [0.25, 0.3) is 0 Å². The molecule has 6 nitrogen and oxygen atoms in total. The van der Waals surface area contributed by atoms with Gasteiger partial charge in [-0.05, 0) is 18.9 Å². The molecule has 1 N–H and O–H groups in total. The molecule has 0 unspecified atom stereocenters. The van der Waals surface area contributed by atoms with E-state index in [0.717, 1.165) is 19.3 Å². The van der Waals surface area contributed by atoms with Crippen molar-refractivity contribution in [3.63, 3.8) is 0 Å². The fraction of sp³-hybridized carbons (Fsp3) is 0.538. The van der Waals surface area contributed by atoms with Crippen LogP contribution in [0.15, 0.2) is 18.5 Å². The molecule has 0 fully saturated rings. The van der Waals surface area contributed by atoms with Crippen molar-refractivity contribution in [3.8, 4) is 0 Å². The molecule has 19 heavy (non-hydrogen) atoms. The van der Waals surface area contributed by atoms with Crippen LogP contribution in [0.4, 0.5) is 5.95 Å². The van der Waals surface area contributed by atoms with Crippen LogP contribution in [0.1, 0.15) is 33.1 Å². The number of carbonyl (C=O) groups is 2. The average molecular weight is 264 g/mol. The zero-order valence-corrected chi connectivity index (χ0v) is 11.4. The van der Waals surface area contributed by atoms with Gasteiger partial charge in [0.25, 0.3) is 0 Å². The Hall–Kier alpha value is -1.98. The summed E-state index contributed by atoms with van der Waals surface area (Å²) in [7, 11) is 0. The molecule has 0 aliphatic heterocycles. The van der Waals surface area contributed by atoms with Crippen molar-refractivity contribution in [1.29, 1.82) is 0 Å². The van der Waals surface area contributed by atoms with Gasteiger partial charge in [-0.2, -0.15) is 0 Å². The molecule has 0 bridgehead atoms. The predicted molar refractivity (Wildman–Crippen MR) is 72.4 cm³/mol. The Morgan fingerprint density at radius 3 is 2.42 bits per heavy atom. The standard InChI is InChI=1S/C13H20N4O2/c1-3-5-10-17(9-4-2)12(19)11(18)16-13-14-7-6-8-15-13/h6-8H,3-5,9-10H2,1-2H3,(H,14,15,16,18). The minimum atomic E-state index is -0.684. The van der Waals surface area contributed by atoms with Crippen molar-refractivity contribution in [2.75, 3.05) is 18.4 Å². The van der Waals surface area contributed by atoms with E-state index in [1.54, 1.807) is 11.0 Å². The molecule has 2 amide bonds. The number of hydrogen-bond acceptors (Lipinski definition) is 4. The largest absolute Gasteiger partial charge is 0.334 e. The van der Waals surface area contributed by atoms with Crippen molar-refractivity contribution in [1.82, 2.24) is 14.9 Å². The van der Waals surface area contributed by atoms with Gasteiger partial charge >= 0.3 is 11.8 Å². The topological polar surface area (TPSA) is 75.2 Å². The van der Waals surface area contributed by atoms with E-state index in [1.807, 2.05) is 13.8 Å². The summed E-state index contributed by atoms with van der Waals surface area (Å²) in [5.74, 6) is -1.06. The highest BCUT2D eigenvalue weighted by atomic mass is 16.2. The van der Waals surface area contributed by atoms with E-state index in [9.17, 15) is 9.59 Å². The molecule has 0 radical (unpaired) electrons. The summed E-state index contributed by atoms with van der Waals surface area (Å²) in [5.41, 5.74) is 0. The highest BCUT2D eigenvalue weighted by molar-refractivity contribution is 6.39. The molecule has 0 aromatic carbocycles. The molecule has 0 aliphatic rings. The Kier molecular flexibility index (Phi) is 6.49. The summed E-state index contributed by atoms with van der Waals surface area (Å²) in [6.45, 7) is 5.21. The van der Waals surface area contributed by atoms with Gasteiger partial charge in [-0.1, -0.05) is 20.3 Å². The lowest BCUT2D eigenvalue weighted by atomic mass is 10.3. The second-order valence-corrected chi connectivity index (χ2v) is 4.17. The Morgan fingerprint density at radius 2 is 1.84 bits per heavy atom. The average Bonchev–Trinajstić information content (AvgIpc) is 2.43. The Balaban J connectivity index is 2.60. The molecule has 0 spiro atoms. The van der Waals surface area contributed by atoms with Gasteiger partial charge in [-0.25, -0.2) is 9.97 Å². The molecule has 0 saturated heterocycles. The molecule has 1 rings (SSSR count). The van der Waals surface area contributed by atoms with Crippen LogP contribution in [0.3, 0.4) is 0 Å². The maximum Gasteiger partial charge on any atom is 0.316 e. The van der Waals surface area contributed by atoms with Crippen LogP contribution >= 0.6 is 0 Å². The first-order chi connectivity index (χ1) is 9.19. The van der Waals surface area contributed by atoms with Crippen molar-refractivity contribution < 1.29 is 9.59 Å². The van der Waals surface area contributed by atoms with E-state index in [2.05, 4.69) is 15.3 Å². The Morgan fingerprint density at radius 1 is 1.16 bits per heavy atom. The molecule has 0 atom stereocenters. The summed E-state index contributed by atoms with van der Waals surface area (Å²) in [5, 5.41) is 2.40. The summed E-state index contributed by atoms with van der Waals surface area (Å²) < 4.78 is 0. The summed E-state index contributed by atoms with van der Waals surface area (Å²) in [6, 6.07) is 1.64. The number of unbranched alkanes of at least 4 members (excludes halogenated alkanes) is 1. The predicted octanol–water partition coefficient (Wildman–Crippen LogP) is 1.45. The van der Waals surface area contributed by atoms with Crippen LogP contribution in [0.2, 0.25) is 0 Å². The number of carbonyl (C=O) groups excluding carboxylic acids is 2. The normalized spacial score (nSPS) is 10.0. The van der Waals surface area contributed by atoms with Gasteiger partial charge in [0.1, 0.15) is 0 Å². The van der Waals surface area contributed by atoms with Crippen molar-refractivity contribution in [2.24, 2.45) is 0 Å². The molecule has 0 aliphatic carbocycles. The summed E-state index contributed by atoms with van der Waals surface area (Å²) >= 11 is 0. The minimum absolute atomic E-state index is 0.146. The number of nitrogens with one attached hydrogen (secondary N) is 1. The number of amides is 2. The quantitative estimate of drug-likeness (QED) is 0.789. The highest BCUT2D eigenvalue weighted by Crippen LogP contribution is 2.01. The number of anilines is 1. The first-order valence-corrected chi connectivity index (χ1v) is 6.56. The number of nitrogens with zero attached hydrogens (tertiary/aromatic N) is 3. The van der Waals surface area contributed by atoms with Crippen LogP contribution in [0.5, 0.6) is 0 Å². The lowest BCUT2D eigenvalue weighted by Gasteiger charge is -2.20. The number of rotatable bonds is 6. The molecule has 1 aromatic rings. The van der Waals surface area contributed by atoms with E-state index in [-0.39, 0.29) is 5.95 Å². The maximum atomic E-state index is 12.0. The van der Waals surface area contributed by atoms with Gasteiger partial charge in [0, 0.05) is 25.5 Å². The fourth-order valence-electron chi connectivity index (χ4n) is 1.60. The van der Waals surface area contributed by atoms with Crippen molar-refractivity contribution >= 4 is 17.8 Å². The molecular weight excluding hydrogens is 244 g/mol. The zero-order valence-electron chi connectivity index (χ0n) is 11.4. The third-order valence-electron chi connectivity index (χ3n) is 2.55. The second kappa shape index (κ2) is 8.18. The molecule has 6 heteroatoms. The van der Waals surface area contributed by atoms with Crippen molar-refractivity contribution in [2.45, 2.75) is 33.1 Å². The van der Waals surface area contributed by atoms with Crippen LogP contribution < -0.4 is 5.32 Å². The molecule has 104 valence electrons. The van der Waals surface area contributed by atoms with Gasteiger partial charge in [-0.3, -0.25) is 14.9 Å². The molecule has 0 saturated carbocycles. The molecule has 1 heterocycles. The number of aromatic nitrogens is 2. The van der Waals surface area contributed by atoms with E-state index >= 15 is 0 Å². The second-order valence-electron chi connectivity index (χ2n) is 4.17. The van der Waals surface area contributed by atoms with Gasteiger partial charge in [0.2, 0.25) is 5.95 Å². The summed E-state index contributed by atoms with van der Waals surface area (Å²) in [4.78, 5) is 33.1. The minimum Gasteiger partial charge on any atom is -0.334 e. The van der Waals surface area contributed by atoms with Gasteiger partial charge in [0.15, 0.2) is 0 Å². The van der Waals surface area contributed by atoms with E-state index in [0.29, 0.717) is 13.1 Å². The first-order valence-electron chi connectivity index (χ1n) is 6.56. The molecular formula is C13H20N4O2. The maximum absolute atomic E-state index is 12.0. The monoisotopic (exact) mass is 264 g/mol. The Labute approximate surface area is 113 Å². The SMILES string of the molecule is CCCCN(CCC)C(=O)C(=O)Nc1ncccn1. The fourth-order valence-corrected chi connectivity index (χ4v) is 1.60.